The monoisotopic (exact) mass is 364 g/mol. The zero-order chi connectivity index (χ0) is 16.9. The Bertz CT molecular complexity index is 663. The molecule has 2 rings (SSSR count). The van der Waals surface area contributed by atoms with Gasteiger partial charge in [-0.25, -0.2) is 4.98 Å². The van der Waals surface area contributed by atoms with Gasteiger partial charge in [-0.15, -0.1) is 0 Å². The molecule has 0 amide bonds. The highest BCUT2D eigenvalue weighted by molar-refractivity contribution is 6.34. The summed E-state index contributed by atoms with van der Waals surface area (Å²) in [7, 11) is 0. The summed E-state index contributed by atoms with van der Waals surface area (Å²) in [6.45, 7) is 0.543. The lowest BCUT2D eigenvalue weighted by Gasteiger charge is -2.09. The van der Waals surface area contributed by atoms with Gasteiger partial charge < -0.3 is 9.30 Å². The van der Waals surface area contributed by atoms with Gasteiger partial charge in [0.05, 0.1) is 12.7 Å². The third-order valence-corrected chi connectivity index (χ3v) is 3.27. The van der Waals surface area contributed by atoms with Crippen LogP contribution >= 0.6 is 23.2 Å². The fourth-order valence-corrected chi connectivity index (χ4v) is 2.47. The van der Waals surface area contributed by atoms with E-state index < -0.39 is 12.6 Å². The summed E-state index contributed by atoms with van der Waals surface area (Å²) in [4.78, 5) is 4.12. The van der Waals surface area contributed by atoms with Crippen molar-refractivity contribution in [3.63, 3.8) is 0 Å². The number of imidazole rings is 1. The second-order valence-electron chi connectivity index (χ2n) is 4.75. The molecular formula is C15H13Cl2F3N2O. The molecule has 1 heterocycles. The van der Waals surface area contributed by atoms with Gasteiger partial charge in [-0.05, 0) is 29.8 Å². The Hall–Kier alpha value is -1.66. The van der Waals surface area contributed by atoms with Gasteiger partial charge >= 0.3 is 6.18 Å². The van der Waals surface area contributed by atoms with Crippen molar-refractivity contribution in [2.45, 2.75) is 25.7 Å². The first-order chi connectivity index (χ1) is 10.8. The van der Waals surface area contributed by atoms with Crippen LogP contribution in [0.4, 0.5) is 13.2 Å². The van der Waals surface area contributed by atoms with Crippen LogP contribution in [0.5, 0.6) is 0 Å². The molecule has 0 saturated heterocycles. The van der Waals surface area contributed by atoms with Crippen molar-refractivity contribution in [3.8, 4) is 0 Å². The van der Waals surface area contributed by atoms with Gasteiger partial charge in [-0.3, -0.25) is 0 Å². The third kappa shape index (κ3) is 6.15. The predicted octanol–water partition coefficient (Wildman–Crippen LogP) is 5.22. The number of alkyl halides is 3. The number of hydrogen-bond acceptors (Lipinski definition) is 2. The van der Waals surface area contributed by atoms with E-state index in [-0.39, 0.29) is 6.61 Å². The second kappa shape index (κ2) is 7.75. The molecule has 8 heteroatoms. The fraction of sp³-hybridized carbons (Fsp3) is 0.267. The normalized spacial score (nSPS) is 12.0. The second-order valence-corrected chi connectivity index (χ2v) is 5.62. The standard InChI is InChI=1S/C15H13Cl2F3N2O/c16-12-6-11(7-13(17)8-12)9-22-4-3-21-14(22)10-23-5-1-2-15(18,19)20/h1,3-8H,2,9-10H2/b5-1+. The molecule has 0 unspecified atom stereocenters. The number of hydrogen-bond donors (Lipinski definition) is 0. The lowest BCUT2D eigenvalue weighted by molar-refractivity contribution is -0.125. The molecule has 0 atom stereocenters. The minimum Gasteiger partial charge on any atom is -0.494 e. The highest BCUT2D eigenvalue weighted by atomic mass is 35.5. The van der Waals surface area contributed by atoms with Gasteiger partial charge in [-0.2, -0.15) is 13.2 Å². The molecule has 2 aromatic rings. The van der Waals surface area contributed by atoms with Crippen molar-refractivity contribution in [1.29, 1.82) is 0 Å². The highest BCUT2D eigenvalue weighted by Crippen LogP contribution is 2.21. The summed E-state index contributed by atoms with van der Waals surface area (Å²) in [5, 5.41) is 1.06. The van der Waals surface area contributed by atoms with Gasteiger partial charge in [0, 0.05) is 29.0 Å². The molecule has 0 spiro atoms. The molecule has 1 aromatic heterocycles. The summed E-state index contributed by atoms with van der Waals surface area (Å²) < 4.78 is 42.8. The lowest BCUT2D eigenvalue weighted by Crippen LogP contribution is -2.06. The Kier molecular flexibility index (Phi) is 5.96. The molecule has 124 valence electrons. The van der Waals surface area contributed by atoms with E-state index in [0.717, 1.165) is 17.9 Å². The van der Waals surface area contributed by atoms with E-state index in [9.17, 15) is 13.2 Å². The van der Waals surface area contributed by atoms with Gasteiger partial charge in [-0.1, -0.05) is 23.2 Å². The number of benzene rings is 1. The highest BCUT2D eigenvalue weighted by Gasteiger charge is 2.24. The zero-order valence-electron chi connectivity index (χ0n) is 11.9. The molecule has 0 N–H and O–H groups in total. The number of nitrogens with zero attached hydrogens (tertiary/aromatic N) is 2. The minimum atomic E-state index is -4.23. The summed E-state index contributed by atoms with van der Waals surface area (Å²) in [5.74, 6) is 0.581. The molecular weight excluding hydrogens is 352 g/mol. The molecule has 3 nitrogen and oxygen atoms in total. The van der Waals surface area contributed by atoms with Crippen LogP contribution in [0.25, 0.3) is 0 Å². The van der Waals surface area contributed by atoms with Crippen LogP contribution in [-0.4, -0.2) is 15.7 Å². The van der Waals surface area contributed by atoms with Crippen LogP contribution in [-0.2, 0) is 17.9 Å². The maximum absolute atomic E-state index is 12.0. The Morgan fingerprint density at radius 2 is 1.87 bits per heavy atom. The molecule has 0 bridgehead atoms. The number of rotatable bonds is 6. The fourth-order valence-electron chi connectivity index (χ4n) is 1.90. The van der Waals surface area contributed by atoms with E-state index in [4.69, 9.17) is 27.9 Å². The summed E-state index contributed by atoms with van der Waals surface area (Å²) >= 11 is 11.9. The van der Waals surface area contributed by atoms with Crippen LogP contribution in [0.1, 0.15) is 17.8 Å². The van der Waals surface area contributed by atoms with Gasteiger partial charge in [0.25, 0.3) is 0 Å². The largest absolute Gasteiger partial charge is 0.494 e. The van der Waals surface area contributed by atoms with E-state index in [1.807, 2.05) is 0 Å². The lowest BCUT2D eigenvalue weighted by atomic mass is 10.2. The first-order valence-electron chi connectivity index (χ1n) is 6.62. The minimum absolute atomic E-state index is 0.0651. The Labute approximate surface area is 141 Å². The van der Waals surface area contributed by atoms with Crippen molar-refractivity contribution in [1.82, 2.24) is 9.55 Å². The van der Waals surface area contributed by atoms with Crippen molar-refractivity contribution in [2.75, 3.05) is 0 Å². The number of allylic oxidation sites excluding steroid dienone is 1. The molecule has 0 aliphatic rings. The first-order valence-corrected chi connectivity index (χ1v) is 7.37. The van der Waals surface area contributed by atoms with E-state index in [1.54, 1.807) is 35.2 Å². The van der Waals surface area contributed by atoms with Gasteiger partial charge in [0.15, 0.2) is 0 Å². The molecule has 0 aliphatic heterocycles. The average molecular weight is 365 g/mol. The van der Waals surface area contributed by atoms with Crippen LogP contribution in [0, 0.1) is 0 Å². The average Bonchev–Trinajstić information content (AvgIpc) is 2.83. The quantitative estimate of drug-likeness (QED) is 0.657. The molecule has 0 aliphatic carbocycles. The summed E-state index contributed by atoms with van der Waals surface area (Å²) in [5.41, 5.74) is 0.884. The number of halogens is 5. The van der Waals surface area contributed by atoms with Crippen LogP contribution in [0.2, 0.25) is 10.0 Å². The van der Waals surface area contributed by atoms with Crippen molar-refractivity contribution in [2.24, 2.45) is 0 Å². The Balaban J connectivity index is 1.94. The number of aromatic nitrogens is 2. The topological polar surface area (TPSA) is 27.1 Å². The molecule has 1 aromatic carbocycles. The predicted molar refractivity (Wildman–Crippen MR) is 82.4 cm³/mol. The van der Waals surface area contributed by atoms with E-state index in [0.29, 0.717) is 22.4 Å². The third-order valence-electron chi connectivity index (χ3n) is 2.83. The SMILES string of the molecule is FC(F)(F)C/C=C/OCc1nccn1Cc1cc(Cl)cc(Cl)c1. The van der Waals surface area contributed by atoms with Crippen LogP contribution in [0.15, 0.2) is 42.9 Å². The zero-order valence-corrected chi connectivity index (χ0v) is 13.4. The van der Waals surface area contributed by atoms with Crippen molar-refractivity contribution < 1.29 is 17.9 Å². The van der Waals surface area contributed by atoms with E-state index >= 15 is 0 Å². The number of ether oxygens (including phenoxy) is 1. The molecule has 0 saturated carbocycles. The van der Waals surface area contributed by atoms with Crippen molar-refractivity contribution in [3.05, 3.63) is 64.4 Å². The molecule has 23 heavy (non-hydrogen) atoms. The summed E-state index contributed by atoms with van der Waals surface area (Å²) in [6, 6.07) is 5.19. The maximum Gasteiger partial charge on any atom is 0.392 e. The van der Waals surface area contributed by atoms with Gasteiger partial charge in [0.2, 0.25) is 0 Å². The maximum atomic E-state index is 12.0. The molecule has 0 fully saturated rings. The Morgan fingerprint density at radius 1 is 1.17 bits per heavy atom. The van der Waals surface area contributed by atoms with Crippen LogP contribution in [0.3, 0.4) is 0 Å². The Morgan fingerprint density at radius 3 is 2.52 bits per heavy atom. The molecule has 0 radical (unpaired) electrons. The smallest absolute Gasteiger partial charge is 0.392 e. The van der Waals surface area contributed by atoms with E-state index in [1.165, 1.54) is 0 Å². The van der Waals surface area contributed by atoms with Crippen molar-refractivity contribution >= 4 is 23.2 Å². The van der Waals surface area contributed by atoms with Crippen LogP contribution < -0.4 is 0 Å². The summed E-state index contributed by atoms with van der Waals surface area (Å²) in [6.07, 6.45) is 0.0244. The van der Waals surface area contributed by atoms with Gasteiger partial charge in [0.1, 0.15) is 12.4 Å². The van der Waals surface area contributed by atoms with E-state index in [2.05, 4.69) is 4.98 Å². The first kappa shape index (κ1) is 17.7.